The lowest BCUT2D eigenvalue weighted by molar-refractivity contribution is -0.128. The summed E-state index contributed by atoms with van der Waals surface area (Å²) in [6, 6.07) is 6.43. The van der Waals surface area contributed by atoms with Crippen LogP contribution in [0.3, 0.4) is 0 Å². The molecule has 3 rings (SSSR count). The minimum atomic E-state index is -0.377. The lowest BCUT2D eigenvalue weighted by Gasteiger charge is -2.21. The second-order valence-electron chi connectivity index (χ2n) is 7.01. The van der Waals surface area contributed by atoms with Crippen molar-refractivity contribution < 1.29 is 19.1 Å². The van der Waals surface area contributed by atoms with Gasteiger partial charge >= 0.3 is 6.03 Å². The molecule has 27 heavy (non-hydrogen) atoms. The van der Waals surface area contributed by atoms with Crippen LogP contribution in [0.25, 0.3) is 0 Å². The first-order valence-electron chi connectivity index (χ1n) is 9.39. The molecular weight excluding hydrogens is 348 g/mol. The molecule has 2 saturated heterocycles. The van der Waals surface area contributed by atoms with Crippen LogP contribution in [0.5, 0.6) is 0 Å². The molecule has 1 aromatic carbocycles. The van der Waals surface area contributed by atoms with Gasteiger partial charge in [-0.25, -0.2) is 4.79 Å². The van der Waals surface area contributed by atoms with E-state index in [1.165, 1.54) is 0 Å². The maximum Gasteiger partial charge on any atom is 0.319 e. The molecule has 2 heterocycles. The summed E-state index contributed by atoms with van der Waals surface area (Å²) in [6.45, 7) is 3.77. The zero-order valence-electron chi connectivity index (χ0n) is 15.5. The Bertz CT molecular complexity index is 685. The molecule has 2 aliphatic heterocycles. The highest BCUT2D eigenvalue weighted by Crippen LogP contribution is 2.17. The summed E-state index contributed by atoms with van der Waals surface area (Å²) in [6.07, 6.45) is 2.74. The third-order valence-corrected chi connectivity index (χ3v) is 4.68. The number of benzene rings is 1. The van der Waals surface area contributed by atoms with Gasteiger partial charge in [-0.3, -0.25) is 9.59 Å². The van der Waals surface area contributed by atoms with Crippen molar-refractivity contribution in [3.05, 3.63) is 24.3 Å². The van der Waals surface area contributed by atoms with Gasteiger partial charge in [-0.1, -0.05) is 0 Å². The second kappa shape index (κ2) is 8.85. The van der Waals surface area contributed by atoms with Crippen LogP contribution in [0.4, 0.5) is 16.2 Å². The molecule has 0 radical (unpaired) electrons. The molecule has 4 amide bonds. The number of hydrogen-bond acceptors (Lipinski definition) is 4. The van der Waals surface area contributed by atoms with Gasteiger partial charge in [0.1, 0.15) is 6.10 Å². The number of urea groups is 1. The molecule has 0 aromatic heterocycles. The van der Waals surface area contributed by atoms with Gasteiger partial charge in [0.25, 0.3) is 5.91 Å². The molecule has 146 valence electrons. The average molecular weight is 374 g/mol. The third-order valence-electron chi connectivity index (χ3n) is 4.68. The lowest BCUT2D eigenvalue weighted by Crippen LogP contribution is -2.44. The SMILES string of the molecule is C[C@@H](CN1CCCC1=O)NC(=O)Nc1ccc(NC(=O)[C@@H]2CCCO2)cc1. The Kier molecular flexibility index (Phi) is 6.28. The van der Waals surface area contributed by atoms with Crippen molar-refractivity contribution in [3.8, 4) is 0 Å². The minimum absolute atomic E-state index is 0.142. The molecule has 2 fully saturated rings. The zero-order chi connectivity index (χ0) is 19.2. The first kappa shape index (κ1) is 19.2. The minimum Gasteiger partial charge on any atom is -0.368 e. The maximum atomic E-state index is 12.1. The van der Waals surface area contributed by atoms with Gasteiger partial charge in [-0.2, -0.15) is 0 Å². The molecule has 2 atom stereocenters. The van der Waals surface area contributed by atoms with Crippen molar-refractivity contribution in [1.82, 2.24) is 10.2 Å². The normalized spacial score (nSPS) is 20.4. The van der Waals surface area contributed by atoms with E-state index in [-0.39, 0.29) is 30.0 Å². The average Bonchev–Trinajstić information content (AvgIpc) is 3.29. The fourth-order valence-electron chi connectivity index (χ4n) is 3.31. The summed E-state index contributed by atoms with van der Waals surface area (Å²) < 4.78 is 5.35. The van der Waals surface area contributed by atoms with E-state index in [4.69, 9.17) is 4.74 Å². The van der Waals surface area contributed by atoms with Gasteiger partial charge in [0.15, 0.2) is 0 Å². The third kappa shape index (κ3) is 5.43. The highest BCUT2D eigenvalue weighted by molar-refractivity contribution is 5.95. The predicted molar refractivity (Wildman–Crippen MR) is 101 cm³/mol. The first-order valence-corrected chi connectivity index (χ1v) is 9.39. The fourth-order valence-corrected chi connectivity index (χ4v) is 3.31. The Morgan fingerprint density at radius 3 is 2.48 bits per heavy atom. The summed E-state index contributed by atoms with van der Waals surface area (Å²) in [5, 5.41) is 8.39. The van der Waals surface area contributed by atoms with Crippen LogP contribution in [0.1, 0.15) is 32.6 Å². The fraction of sp³-hybridized carbons (Fsp3) is 0.526. The molecule has 2 aliphatic rings. The molecule has 8 heteroatoms. The van der Waals surface area contributed by atoms with Crippen molar-refractivity contribution in [3.63, 3.8) is 0 Å². The Morgan fingerprint density at radius 1 is 1.19 bits per heavy atom. The quantitative estimate of drug-likeness (QED) is 0.708. The van der Waals surface area contributed by atoms with Gasteiger partial charge in [-0.15, -0.1) is 0 Å². The van der Waals surface area contributed by atoms with Crippen LogP contribution in [-0.2, 0) is 14.3 Å². The van der Waals surface area contributed by atoms with E-state index < -0.39 is 0 Å². The van der Waals surface area contributed by atoms with Crippen molar-refractivity contribution in [1.29, 1.82) is 0 Å². The standard InChI is InChI=1S/C19H26N4O4/c1-13(12-23-10-2-5-17(23)24)20-19(26)22-15-8-6-14(7-9-15)21-18(25)16-4-3-11-27-16/h6-9,13,16H,2-5,10-12H2,1H3,(H,21,25)(H2,20,22,26)/t13-,16-/m0/s1. The largest absolute Gasteiger partial charge is 0.368 e. The van der Waals surface area contributed by atoms with E-state index in [0.717, 1.165) is 25.8 Å². The van der Waals surface area contributed by atoms with Gasteiger partial charge in [-0.05, 0) is 50.5 Å². The summed E-state index contributed by atoms with van der Waals surface area (Å²) in [5.74, 6) is 0.000866. The van der Waals surface area contributed by atoms with Crippen molar-refractivity contribution >= 4 is 29.2 Å². The van der Waals surface area contributed by atoms with Crippen LogP contribution < -0.4 is 16.0 Å². The molecule has 0 spiro atoms. The van der Waals surface area contributed by atoms with Crippen molar-refractivity contribution in [2.75, 3.05) is 30.3 Å². The number of amides is 4. The maximum absolute atomic E-state index is 12.1. The smallest absolute Gasteiger partial charge is 0.319 e. The molecule has 0 saturated carbocycles. The van der Waals surface area contributed by atoms with Gasteiger partial charge in [0.2, 0.25) is 5.91 Å². The molecule has 1 aromatic rings. The molecule has 0 unspecified atom stereocenters. The lowest BCUT2D eigenvalue weighted by atomic mass is 10.2. The number of nitrogens with zero attached hydrogens (tertiary/aromatic N) is 1. The molecule has 3 N–H and O–H groups in total. The van der Waals surface area contributed by atoms with Gasteiger partial charge in [0.05, 0.1) is 0 Å². The number of anilines is 2. The van der Waals surface area contributed by atoms with Crippen LogP contribution >= 0.6 is 0 Å². The van der Waals surface area contributed by atoms with Crippen LogP contribution in [-0.4, -0.2) is 54.6 Å². The van der Waals surface area contributed by atoms with Crippen LogP contribution in [0, 0.1) is 0 Å². The zero-order valence-corrected chi connectivity index (χ0v) is 15.5. The molecule has 8 nitrogen and oxygen atoms in total. The highest BCUT2D eigenvalue weighted by Gasteiger charge is 2.24. The van der Waals surface area contributed by atoms with E-state index in [1.807, 2.05) is 6.92 Å². The van der Waals surface area contributed by atoms with E-state index in [2.05, 4.69) is 16.0 Å². The molecule has 0 bridgehead atoms. The van der Waals surface area contributed by atoms with E-state index in [1.54, 1.807) is 29.2 Å². The molecule has 0 aliphatic carbocycles. The van der Waals surface area contributed by atoms with Crippen LogP contribution in [0.15, 0.2) is 24.3 Å². The number of carbonyl (C=O) groups is 3. The first-order chi connectivity index (χ1) is 13.0. The molecular formula is C19H26N4O4. The summed E-state index contributed by atoms with van der Waals surface area (Å²) in [4.78, 5) is 37.5. The number of ether oxygens (including phenoxy) is 1. The predicted octanol–water partition coefficient (Wildman–Crippen LogP) is 1.94. The highest BCUT2D eigenvalue weighted by atomic mass is 16.5. The monoisotopic (exact) mass is 374 g/mol. The van der Waals surface area contributed by atoms with Gasteiger partial charge < -0.3 is 25.6 Å². The van der Waals surface area contributed by atoms with Crippen molar-refractivity contribution in [2.45, 2.75) is 44.8 Å². The van der Waals surface area contributed by atoms with Gasteiger partial charge in [0, 0.05) is 43.5 Å². The Morgan fingerprint density at radius 2 is 1.89 bits per heavy atom. The number of hydrogen-bond donors (Lipinski definition) is 3. The van der Waals surface area contributed by atoms with E-state index >= 15 is 0 Å². The topological polar surface area (TPSA) is 99.8 Å². The number of carbonyl (C=O) groups excluding carboxylic acids is 3. The van der Waals surface area contributed by atoms with E-state index in [0.29, 0.717) is 30.9 Å². The number of likely N-dealkylation sites (tertiary alicyclic amines) is 1. The number of nitrogens with one attached hydrogen (secondary N) is 3. The summed E-state index contributed by atoms with van der Waals surface area (Å²) >= 11 is 0. The number of rotatable bonds is 6. The Balaban J connectivity index is 1.43. The Labute approximate surface area is 158 Å². The second-order valence-corrected chi connectivity index (χ2v) is 7.01. The summed E-state index contributed by atoms with van der Waals surface area (Å²) in [7, 11) is 0. The van der Waals surface area contributed by atoms with E-state index in [9.17, 15) is 14.4 Å². The Hall–Kier alpha value is -2.61. The van der Waals surface area contributed by atoms with Crippen molar-refractivity contribution in [2.24, 2.45) is 0 Å². The van der Waals surface area contributed by atoms with Crippen LogP contribution in [0.2, 0.25) is 0 Å². The summed E-state index contributed by atoms with van der Waals surface area (Å²) in [5.41, 5.74) is 1.27.